The summed E-state index contributed by atoms with van der Waals surface area (Å²) in [6.07, 6.45) is 1.52. The van der Waals surface area contributed by atoms with Gasteiger partial charge in [0.2, 0.25) is 0 Å². The summed E-state index contributed by atoms with van der Waals surface area (Å²) in [7, 11) is 1.50. The third-order valence-electron chi connectivity index (χ3n) is 4.16. The van der Waals surface area contributed by atoms with Crippen molar-refractivity contribution in [3.63, 3.8) is 0 Å². The maximum atomic E-state index is 12.2. The number of carbonyl (C=O) groups is 1. The first-order valence-electron chi connectivity index (χ1n) is 8.99. The Bertz CT molecular complexity index is 1050. The molecule has 0 aliphatic rings. The van der Waals surface area contributed by atoms with Crippen LogP contribution in [0.2, 0.25) is 0 Å². The number of hydrogen-bond donors (Lipinski definition) is 1. The minimum atomic E-state index is -0.441. The average molecular weight is 405 g/mol. The highest BCUT2D eigenvalue weighted by molar-refractivity contribution is 5.97. The Morgan fingerprint density at radius 2 is 1.77 bits per heavy atom. The molecule has 0 saturated heterocycles. The summed E-state index contributed by atoms with van der Waals surface area (Å²) < 4.78 is 10.8. The lowest BCUT2D eigenvalue weighted by Gasteiger charge is -2.07. The van der Waals surface area contributed by atoms with Crippen molar-refractivity contribution in [2.45, 2.75) is 6.61 Å². The number of non-ortho nitro benzene ring substituents is 1. The van der Waals surface area contributed by atoms with Crippen molar-refractivity contribution in [1.29, 1.82) is 0 Å². The zero-order valence-corrected chi connectivity index (χ0v) is 16.1. The second-order valence-electron chi connectivity index (χ2n) is 6.18. The van der Waals surface area contributed by atoms with Crippen LogP contribution in [0.4, 0.5) is 5.69 Å². The highest BCUT2D eigenvalue weighted by Gasteiger charge is 2.10. The highest BCUT2D eigenvalue weighted by Crippen LogP contribution is 2.17. The quantitative estimate of drug-likeness (QED) is 0.347. The molecule has 0 atom stereocenters. The number of ether oxygens (including phenoxy) is 2. The summed E-state index contributed by atoms with van der Waals surface area (Å²) in [5.74, 6) is 0.745. The van der Waals surface area contributed by atoms with Gasteiger partial charge in [-0.1, -0.05) is 12.1 Å². The molecule has 1 N–H and O–H groups in total. The minimum Gasteiger partial charge on any atom is -0.496 e. The number of rotatable bonds is 8. The number of nitro benzene ring substituents is 1. The van der Waals surface area contributed by atoms with E-state index in [1.54, 1.807) is 60.7 Å². The Labute approximate surface area is 172 Å². The van der Waals surface area contributed by atoms with Crippen molar-refractivity contribution in [2.75, 3.05) is 7.11 Å². The van der Waals surface area contributed by atoms with E-state index in [1.807, 2.05) is 0 Å². The molecule has 3 rings (SSSR count). The molecule has 0 fully saturated rings. The van der Waals surface area contributed by atoms with Gasteiger partial charge in [-0.2, -0.15) is 5.10 Å². The van der Waals surface area contributed by atoms with Gasteiger partial charge in [-0.15, -0.1) is 0 Å². The van der Waals surface area contributed by atoms with E-state index in [0.29, 0.717) is 23.7 Å². The number of para-hydroxylation sites is 1. The first kappa shape index (κ1) is 20.5. The summed E-state index contributed by atoms with van der Waals surface area (Å²) in [6.45, 7) is 0.292. The van der Waals surface area contributed by atoms with Gasteiger partial charge < -0.3 is 9.47 Å². The molecule has 3 aromatic rings. The van der Waals surface area contributed by atoms with E-state index in [4.69, 9.17) is 9.47 Å². The number of hydrogen-bond acceptors (Lipinski definition) is 6. The van der Waals surface area contributed by atoms with Gasteiger partial charge in [-0.05, 0) is 59.7 Å². The van der Waals surface area contributed by atoms with Crippen LogP contribution in [0.3, 0.4) is 0 Å². The van der Waals surface area contributed by atoms with Crippen molar-refractivity contribution in [3.8, 4) is 11.5 Å². The molecule has 0 unspecified atom stereocenters. The third kappa shape index (κ3) is 5.41. The monoisotopic (exact) mass is 405 g/mol. The van der Waals surface area contributed by atoms with E-state index in [0.717, 1.165) is 11.1 Å². The van der Waals surface area contributed by atoms with E-state index in [1.165, 1.54) is 25.5 Å². The Morgan fingerprint density at radius 1 is 1.07 bits per heavy atom. The number of nitrogens with one attached hydrogen (secondary N) is 1. The van der Waals surface area contributed by atoms with Crippen molar-refractivity contribution in [1.82, 2.24) is 5.43 Å². The maximum absolute atomic E-state index is 12.2. The van der Waals surface area contributed by atoms with Gasteiger partial charge in [0.1, 0.15) is 18.1 Å². The summed E-state index contributed by atoms with van der Waals surface area (Å²) in [4.78, 5) is 22.4. The van der Waals surface area contributed by atoms with Gasteiger partial charge in [0.05, 0.1) is 23.8 Å². The molecule has 0 bridgehead atoms. The summed E-state index contributed by atoms with van der Waals surface area (Å²) in [6, 6.07) is 20.2. The fourth-order valence-electron chi connectivity index (χ4n) is 2.59. The van der Waals surface area contributed by atoms with Crippen LogP contribution >= 0.6 is 0 Å². The average Bonchev–Trinajstić information content (AvgIpc) is 2.78. The minimum absolute atomic E-state index is 0.0418. The van der Waals surface area contributed by atoms with Gasteiger partial charge in [-0.3, -0.25) is 14.9 Å². The molecule has 0 heterocycles. The van der Waals surface area contributed by atoms with Crippen LogP contribution in [-0.4, -0.2) is 24.2 Å². The number of carbonyl (C=O) groups excluding carboxylic acids is 1. The first-order chi connectivity index (χ1) is 14.6. The molecule has 1 amide bonds. The largest absolute Gasteiger partial charge is 0.496 e. The number of hydrazone groups is 1. The molecule has 0 saturated carbocycles. The Balaban J connectivity index is 1.52. The van der Waals surface area contributed by atoms with E-state index < -0.39 is 4.92 Å². The predicted molar refractivity (Wildman–Crippen MR) is 112 cm³/mol. The number of nitrogens with zero attached hydrogens (tertiary/aromatic N) is 2. The summed E-state index contributed by atoms with van der Waals surface area (Å²) in [5, 5.41) is 14.6. The Morgan fingerprint density at radius 3 is 2.43 bits per heavy atom. The van der Waals surface area contributed by atoms with Crippen molar-refractivity contribution in [2.24, 2.45) is 5.10 Å². The van der Waals surface area contributed by atoms with Crippen molar-refractivity contribution in [3.05, 3.63) is 99.6 Å². The number of nitro groups is 1. The molecule has 8 heteroatoms. The molecule has 0 aliphatic carbocycles. The lowest BCUT2D eigenvalue weighted by atomic mass is 10.2. The molecule has 0 aliphatic heterocycles. The molecule has 3 aromatic carbocycles. The fraction of sp³-hybridized carbons (Fsp3) is 0.0909. The van der Waals surface area contributed by atoms with Crippen LogP contribution in [0.5, 0.6) is 11.5 Å². The van der Waals surface area contributed by atoms with Gasteiger partial charge in [0.15, 0.2) is 0 Å². The second-order valence-corrected chi connectivity index (χ2v) is 6.18. The summed E-state index contributed by atoms with van der Waals surface area (Å²) in [5.41, 5.74) is 4.50. The van der Waals surface area contributed by atoms with Crippen LogP contribution in [0, 0.1) is 10.1 Å². The van der Waals surface area contributed by atoms with Crippen molar-refractivity contribution >= 4 is 17.8 Å². The molecule has 8 nitrogen and oxygen atoms in total. The fourth-order valence-corrected chi connectivity index (χ4v) is 2.59. The van der Waals surface area contributed by atoms with Crippen LogP contribution in [0.1, 0.15) is 21.5 Å². The number of amides is 1. The van der Waals surface area contributed by atoms with Gasteiger partial charge in [-0.25, -0.2) is 5.43 Å². The molecule has 0 aromatic heterocycles. The SMILES string of the molecule is COc1ccccc1C(=O)N/N=C\c1ccc(OCc2ccc([N+](=O)[O-])cc2)cc1. The standard InChI is InChI=1S/C22H19N3O5/c1-29-21-5-3-2-4-20(21)22(26)24-23-14-16-8-12-19(13-9-16)30-15-17-6-10-18(11-7-17)25(27)28/h2-14H,15H2,1H3,(H,24,26)/b23-14-. The third-order valence-corrected chi connectivity index (χ3v) is 4.16. The number of methoxy groups -OCH3 is 1. The molecule has 0 spiro atoms. The highest BCUT2D eigenvalue weighted by atomic mass is 16.6. The Kier molecular flexibility index (Phi) is 6.73. The summed E-state index contributed by atoms with van der Waals surface area (Å²) >= 11 is 0. The Hall–Kier alpha value is -4.20. The topological polar surface area (TPSA) is 103 Å². The number of benzene rings is 3. The van der Waals surface area contributed by atoms with Crippen LogP contribution in [0.15, 0.2) is 77.9 Å². The van der Waals surface area contributed by atoms with Crippen LogP contribution in [0.25, 0.3) is 0 Å². The van der Waals surface area contributed by atoms with E-state index in [-0.39, 0.29) is 11.6 Å². The molecule has 30 heavy (non-hydrogen) atoms. The van der Waals surface area contributed by atoms with Crippen molar-refractivity contribution < 1.29 is 19.2 Å². The smallest absolute Gasteiger partial charge is 0.275 e. The van der Waals surface area contributed by atoms with E-state index >= 15 is 0 Å². The maximum Gasteiger partial charge on any atom is 0.275 e. The van der Waals surface area contributed by atoms with Crippen LogP contribution in [-0.2, 0) is 6.61 Å². The van der Waals surface area contributed by atoms with Gasteiger partial charge >= 0.3 is 0 Å². The first-order valence-corrected chi connectivity index (χ1v) is 8.99. The lowest BCUT2D eigenvalue weighted by molar-refractivity contribution is -0.384. The molecular formula is C22H19N3O5. The molecule has 152 valence electrons. The zero-order chi connectivity index (χ0) is 21.3. The van der Waals surface area contributed by atoms with Gasteiger partial charge in [0, 0.05) is 12.1 Å². The normalized spacial score (nSPS) is 10.6. The van der Waals surface area contributed by atoms with E-state index in [9.17, 15) is 14.9 Å². The second kappa shape index (κ2) is 9.83. The van der Waals surface area contributed by atoms with Crippen LogP contribution < -0.4 is 14.9 Å². The predicted octanol–water partition coefficient (Wildman–Crippen LogP) is 3.95. The zero-order valence-electron chi connectivity index (χ0n) is 16.1. The van der Waals surface area contributed by atoms with Gasteiger partial charge in [0.25, 0.3) is 11.6 Å². The van der Waals surface area contributed by atoms with E-state index in [2.05, 4.69) is 10.5 Å². The lowest BCUT2D eigenvalue weighted by Crippen LogP contribution is -2.18. The molecular weight excluding hydrogens is 386 g/mol. The molecule has 0 radical (unpaired) electrons.